The SMILES string of the molecule is O=C(NC[C@@H](O)c1csc2ccccc12)C1CCCC1. The molecule has 1 heterocycles. The molecule has 2 N–H and O–H groups in total. The molecule has 1 atom stereocenters. The van der Waals surface area contributed by atoms with Crippen molar-refractivity contribution in [3.63, 3.8) is 0 Å². The van der Waals surface area contributed by atoms with E-state index in [1.54, 1.807) is 11.3 Å². The molecule has 0 radical (unpaired) electrons. The Labute approximate surface area is 122 Å². The Morgan fingerprint density at radius 1 is 1.35 bits per heavy atom. The van der Waals surface area contributed by atoms with Crippen molar-refractivity contribution in [2.45, 2.75) is 31.8 Å². The van der Waals surface area contributed by atoms with Crippen LogP contribution in [-0.2, 0) is 4.79 Å². The zero-order valence-electron chi connectivity index (χ0n) is 11.3. The first-order valence-electron chi connectivity index (χ1n) is 7.17. The Bertz CT molecular complexity index is 601. The zero-order valence-corrected chi connectivity index (χ0v) is 12.2. The molecule has 1 aliphatic rings. The van der Waals surface area contributed by atoms with Crippen LogP contribution in [0.5, 0.6) is 0 Å². The van der Waals surface area contributed by atoms with Gasteiger partial charge in [0.15, 0.2) is 0 Å². The number of nitrogens with one attached hydrogen (secondary N) is 1. The Balaban J connectivity index is 1.64. The summed E-state index contributed by atoms with van der Waals surface area (Å²) in [7, 11) is 0. The fourth-order valence-electron chi connectivity index (χ4n) is 2.90. The van der Waals surface area contributed by atoms with Crippen LogP contribution in [0.4, 0.5) is 0 Å². The standard InChI is InChI=1S/C16H19NO2S/c18-14(9-17-16(19)11-5-1-2-6-11)13-10-20-15-8-4-3-7-12(13)15/h3-4,7-8,10-11,14,18H,1-2,5-6,9H2,(H,17,19)/t14-/m1/s1. The van der Waals surface area contributed by atoms with Crippen LogP contribution in [0.3, 0.4) is 0 Å². The molecule has 1 fully saturated rings. The maximum Gasteiger partial charge on any atom is 0.223 e. The number of carbonyl (C=O) groups is 1. The Morgan fingerprint density at radius 3 is 2.90 bits per heavy atom. The number of aliphatic hydroxyl groups excluding tert-OH is 1. The van der Waals surface area contributed by atoms with Gasteiger partial charge in [0.2, 0.25) is 5.91 Å². The van der Waals surface area contributed by atoms with Gasteiger partial charge in [-0.3, -0.25) is 4.79 Å². The second-order valence-electron chi connectivity index (χ2n) is 5.43. The van der Waals surface area contributed by atoms with E-state index >= 15 is 0 Å². The van der Waals surface area contributed by atoms with Gasteiger partial charge in [-0.1, -0.05) is 31.0 Å². The Kier molecular flexibility index (Phi) is 4.03. The summed E-state index contributed by atoms with van der Waals surface area (Å²) in [6.07, 6.45) is 3.65. The van der Waals surface area contributed by atoms with E-state index in [9.17, 15) is 9.90 Å². The van der Waals surface area contributed by atoms with Crippen molar-refractivity contribution < 1.29 is 9.90 Å². The normalized spacial score (nSPS) is 17.4. The third-order valence-electron chi connectivity index (χ3n) is 4.07. The number of aliphatic hydroxyl groups is 1. The minimum Gasteiger partial charge on any atom is -0.387 e. The Morgan fingerprint density at radius 2 is 2.10 bits per heavy atom. The van der Waals surface area contributed by atoms with E-state index in [4.69, 9.17) is 0 Å². The van der Waals surface area contributed by atoms with Gasteiger partial charge in [0.25, 0.3) is 0 Å². The van der Waals surface area contributed by atoms with Crippen LogP contribution >= 0.6 is 11.3 Å². The molecule has 1 aliphatic carbocycles. The first-order valence-corrected chi connectivity index (χ1v) is 8.05. The van der Waals surface area contributed by atoms with E-state index in [1.807, 2.05) is 29.6 Å². The zero-order chi connectivity index (χ0) is 13.9. The summed E-state index contributed by atoms with van der Waals surface area (Å²) in [6, 6.07) is 8.04. The van der Waals surface area contributed by atoms with Crippen LogP contribution < -0.4 is 5.32 Å². The van der Waals surface area contributed by atoms with Crippen LogP contribution in [0, 0.1) is 5.92 Å². The predicted molar refractivity (Wildman–Crippen MR) is 81.8 cm³/mol. The lowest BCUT2D eigenvalue weighted by Gasteiger charge is -2.14. The third-order valence-corrected chi connectivity index (χ3v) is 5.05. The predicted octanol–water partition coefficient (Wildman–Crippen LogP) is 3.24. The van der Waals surface area contributed by atoms with E-state index < -0.39 is 6.10 Å². The summed E-state index contributed by atoms with van der Waals surface area (Å²) in [5.74, 6) is 0.252. The average molecular weight is 289 g/mol. The van der Waals surface area contributed by atoms with Crippen molar-refractivity contribution in [3.05, 3.63) is 35.2 Å². The summed E-state index contributed by atoms with van der Waals surface area (Å²) >= 11 is 1.63. The quantitative estimate of drug-likeness (QED) is 0.908. The van der Waals surface area contributed by atoms with E-state index in [0.29, 0.717) is 6.54 Å². The maximum atomic E-state index is 12.0. The smallest absolute Gasteiger partial charge is 0.223 e. The minimum absolute atomic E-state index is 0.0982. The number of fused-ring (bicyclic) bond motifs is 1. The van der Waals surface area contributed by atoms with Crippen molar-refractivity contribution in [3.8, 4) is 0 Å². The molecule has 4 heteroatoms. The van der Waals surface area contributed by atoms with Crippen molar-refractivity contribution in [2.24, 2.45) is 5.92 Å². The van der Waals surface area contributed by atoms with Crippen molar-refractivity contribution in [2.75, 3.05) is 6.54 Å². The molecule has 1 aromatic carbocycles. The van der Waals surface area contributed by atoms with Crippen LogP contribution in [0.2, 0.25) is 0 Å². The molecule has 1 aromatic heterocycles. The number of amides is 1. The van der Waals surface area contributed by atoms with E-state index in [0.717, 1.165) is 36.6 Å². The summed E-state index contributed by atoms with van der Waals surface area (Å²) < 4.78 is 1.17. The van der Waals surface area contributed by atoms with Gasteiger partial charge in [-0.2, -0.15) is 0 Å². The summed E-state index contributed by atoms with van der Waals surface area (Å²) in [5, 5.41) is 16.3. The van der Waals surface area contributed by atoms with Crippen molar-refractivity contribution in [1.82, 2.24) is 5.32 Å². The molecule has 20 heavy (non-hydrogen) atoms. The molecular formula is C16H19NO2S. The fourth-order valence-corrected chi connectivity index (χ4v) is 3.90. The monoisotopic (exact) mass is 289 g/mol. The van der Waals surface area contributed by atoms with Crippen molar-refractivity contribution in [1.29, 1.82) is 0 Å². The highest BCUT2D eigenvalue weighted by Crippen LogP contribution is 2.30. The fraction of sp³-hybridized carbons (Fsp3) is 0.438. The summed E-state index contributed by atoms with van der Waals surface area (Å²) in [6.45, 7) is 0.302. The number of hydrogen-bond acceptors (Lipinski definition) is 3. The lowest BCUT2D eigenvalue weighted by molar-refractivity contribution is -0.125. The number of rotatable bonds is 4. The van der Waals surface area contributed by atoms with Crippen LogP contribution in [0.25, 0.3) is 10.1 Å². The number of thiophene rings is 1. The van der Waals surface area contributed by atoms with Gasteiger partial charge in [-0.05, 0) is 29.7 Å². The van der Waals surface area contributed by atoms with Gasteiger partial charge in [0.05, 0.1) is 6.10 Å². The highest BCUT2D eigenvalue weighted by atomic mass is 32.1. The Hall–Kier alpha value is -1.39. The van der Waals surface area contributed by atoms with Gasteiger partial charge in [-0.15, -0.1) is 11.3 Å². The van der Waals surface area contributed by atoms with E-state index in [-0.39, 0.29) is 11.8 Å². The number of hydrogen-bond donors (Lipinski definition) is 2. The first-order chi connectivity index (χ1) is 9.75. The van der Waals surface area contributed by atoms with Gasteiger partial charge >= 0.3 is 0 Å². The van der Waals surface area contributed by atoms with Crippen LogP contribution in [0.15, 0.2) is 29.6 Å². The van der Waals surface area contributed by atoms with Crippen LogP contribution in [-0.4, -0.2) is 17.6 Å². The molecule has 0 spiro atoms. The summed E-state index contributed by atoms with van der Waals surface area (Å²) in [5.41, 5.74) is 0.914. The first kappa shape index (κ1) is 13.6. The highest BCUT2D eigenvalue weighted by Gasteiger charge is 2.23. The third kappa shape index (κ3) is 2.72. The molecule has 106 valence electrons. The summed E-state index contributed by atoms with van der Waals surface area (Å²) in [4.78, 5) is 12.0. The number of carbonyl (C=O) groups excluding carboxylic acids is 1. The highest BCUT2D eigenvalue weighted by molar-refractivity contribution is 7.17. The topological polar surface area (TPSA) is 49.3 Å². The molecule has 0 saturated heterocycles. The molecule has 1 amide bonds. The second-order valence-corrected chi connectivity index (χ2v) is 6.34. The van der Waals surface area contributed by atoms with Gasteiger partial charge in [0, 0.05) is 22.7 Å². The van der Waals surface area contributed by atoms with E-state index in [1.165, 1.54) is 4.70 Å². The number of benzene rings is 1. The minimum atomic E-state index is -0.628. The largest absolute Gasteiger partial charge is 0.387 e. The second kappa shape index (κ2) is 5.94. The van der Waals surface area contributed by atoms with Crippen LogP contribution in [0.1, 0.15) is 37.4 Å². The van der Waals surface area contributed by atoms with Crippen molar-refractivity contribution >= 4 is 27.3 Å². The van der Waals surface area contributed by atoms with Gasteiger partial charge in [-0.25, -0.2) is 0 Å². The molecule has 3 rings (SSSR count). The maximum absolute atomic E-state index is 12.0. The molecule has 3 nitrogen and oxygen atoms in total. The molecule has 0 unspecified atom stereocenters. The molecular weight excluding hydrogens is 270 g/mol. The van der Waals surface area contributed by atoms with Gasteiger partial charge in [0.1, 0.15) is 0 Å². The molecule has 0 bridgehead atoms. The molecule has 1 saturated carbocycles. The molecule has 2 aromatic rings. The van der Waals surface area contributed by atoms with E-state index in [2.05, 4.69) is 5.32 Å². The van der Waals surface area contributed by atoms with Gasteiger partial charge < -0.3 is 10.4 Å². The average Bonchev–Trinajstić information content (AvgIpc) is 3.13. The molecule has 0 aliphatic heterocycles. The lowest BCUT2D eigenvalue weighted by atomic mass is 10.1. The lowest BCUT2D eigenvalue weighted by Crippen LogP contribution is -2.32.